The maximum Gasteiger partial charge on any atom is 0.184 e. The fraction of sp³-hybridized carbons (Fsp3) is 0.0909. The van der Waals surface area contributed by atoms with Crippen LogP contribution in [0, 0.1) is 0 Å². The summed E-state index contributed by atoms with van der Waals surface area (Å²) in [5.74, 6) is -0.0156. The van der Waals surface area contributed by atoms with Crippen LogP contribution in [0.5, 0.6) is 0 Å². The Bertz CT molecular complexity index is 524. The van der Waals surface area contributed by atoms with Crippen molar-refractivity contribution in [3.05, 3.63) is 51.7 Å². The van der Waals surface area contributed by atoms with E-state index in [0.717, 1.165) is 4.47 Å². The zero-order valence-electron chi connectivity index (χ0n) is 8.23. The van der Waals surface area contributed by atoms with Crippen LogP contribution >= 0.6 is 27.5 Å². The standard InChI is InChI=1S/C11H8BrClN2O/c12-9-5-14-15(6-9)7-11(16)8-2-1-3-10(13)4-8/h1-6H,7H2. The minimum atomic E-state index is -0.0156. The summed E-state index contributed by atoms with van der Waals surface area (Å²) in [5.41, 5.74) is 0.596. The van der Waals surface area contributed by atoms with Gasteiger partial charge in [-0.15, -0.1) is 0 Å². The average Bonchev–Trinajstić information content (AvgIpc) is 2.64. The maximum absolute atomic E-state index is 11.8. The zero-order chi connectivity index (χ0) is 11.5. The minimum Gasteiger partial charge on any atom is -0.292 e. The van der Waals surface area contributed by atoms with Crippen LogP contribution in [0.1, 0.15) is 10.4 Å². The Hall–Kier alpha value is -1.13. The molecule has 5 heteroatoms. The van der Waals surface area contributed by atoms with Gasteiger partial charge in [0.15, 0.2) is 5.78 Å². The SMILES string of the molecule is O=C(Cn1cc(Br)cn1)c1cccc(Cl)c1. The monoisotopic (exact) mass is 298 g/mol. The topological polar surface area (TPSA) is 34.9 Å². The van der Waals surface area contributed by atoms with Gasteiger partial charge in [-0.3, -0.25) is 9.48 Å². The molecular weight excluding hydrogens is 291 g/mol. The quantitative estimate of drug-likeness (QED) is 0.816. The van der Waals surface area contributed by atoms with Gasteiger partial charge >= 0.3 is 0 Å². The van der Waals surface area contributed by atoms with Crippen LogP contribution in [0.2, 0.25) is 5.02 Å². The number of aromatic nitrogens is 2. The highest BCUT2D eigenvalue weighted by Gasteiger charge is 2.07. The first-order chi connectivity index (χ1) is 7.65. The Kier molecular flexibility index (Phi) is 3.41. The first-order valence-corrected chi connectivity index (χ1v) is 5.79. The fourth-order valence-corrected chi connectivity index (χ4v) is 1.84. The van der Waals surface area contributed by atoms with Crippen molar-refractivity contribution in [2.75, 3.05) is 0 Å². The van der Waals surface area contributed by atoms with Crippen LogP contribution in [0.3, 0.4) is 0 Å². The second-order valence-electron chi connectivity index (χ2n) is 3.29. The summed E-state index contributed by atoms with van der Waals surface area (Å²) in [7, 11) is 0. The lowest BCUT2D eigenvalue weighted by Gasteiger charge is -2.01. The van der Waals surface area contributed by atoms with Crippen molar-refractivity contribution in [1.82, 2.24) is 9.78 Å². The number of carbonyl (C=O) groups is 1. The third-order valence-corrected chi connectivity index (χ3v) is 2.70. The van der Waals surface area contributed by atoms with Crippen LogP contribution in [-0.2, 0) is 6.54 Å². The molecule has 0 aliphatic rings. The Balaban J connectivity index is 2.14. The molecule has 82 valence electrons. The molecule has 1 heterocycles. The van der Waals surface area contributed by atoms with Gasteiger partial charge in [-0.05, 0) is 28.1 Å². The van der Waals surface area contributed by atoms with Gasteiger partial charge in [0.05, 0.1) is 10.7 Å². The van der Waals surface area contributed by atoms with Gasteiger partial charge in [-0.2, -0.15) is 5.10 Å². The molecule has 2 aromatic rings. The van der Waals surface area contributed by atoms with E-state index in [9.17, 15) is 4.79 Å². The number of halogens is 2. The van der Waals surface area contributed by atoms with Crippen molar-refractivity contribution in [1.29, 1.82) is 0 Å². The summed E-state index contributed by atoms with van der Waals surface area (Å²) >= 11 is 9.09. The van der Waals surface area contributed by atoms with Crippen molar-refractivity contribution in [2.45, 2.75) is 6.54 Å². The molecule has 0 aliphatic heterocycles. The third-order valence-electron chi connectivity index (χ3n) is 2.05. The van der Waals surface area contributed by atoms with E-state index in [2.05, 4.69) is 21.0 Å². The van der Waals surface area contributed by atoms with E-state index in [0.29, 0.717) is 10.6 Å². The Morgan fingerprint density at radius 3 is 2.94 bits per heavy atom. The number of hydrogen-bond acceptors (Lipinski definition) is 2. The lowest BCUT2D eigenvalue weighted by atomic mass is 10.1. The predicted molar refractivity (Wildman–Crippen MR) is 65.7 cm³/mol. The van der Waals surface area contributed by atoms with Gasteiger partial charge < -0.3 is 0 Å². The van der Waals surface area contributed by atoms with Crippen LogP contribution in [0.4, 0.5) is 0 Å². The molecule has 0 unspecified atom stereocenters. The number of nitrogens with zero attached hydrogens (tertiary/aromatic N) is 2. The Morgan fingerprint density at radius 2 is 2.31 bits per heavy atom. The fourth-order valence-electron chi connectivity index (χ4n) is 1.33. The van der Waals surface area contributed by atoms with Crippen molar-refractivity contribution >= 4 is 33.3 Å². The summed E-state index contributed by atoms with van der Waals surface area (Å²) < 4.78 is 2.43. The minimum absolute atomic E-state index is 0.0156. The molecule has 0 aliphatic carbocycles. The highest BCUT2D eigenvalue weighted by atomic mass is 79.9. The van der Waals surface area contributed by atoms with Crippen LogP contribution in [0.25, 0.3) is 0 Å². The van der Waals surface area contributed by atoms with Gasteiger partial charge in [0.25, 0.3) is 0 Å². The van der Waals surface area contributed by atoms with E-state index >= 15 is 0 Å². The van der Waals surface area contributed by atoms with Crippen LogP contribution < -0.4 is 0 Å². The van der Waals surface area contributed by atoms with Crippen molar-refractivity contribution < 1.29 is 4.79 Å². The van der Waals surface area contributed by atoms with E-state index in [1.807, 2.05) is 0 Å². The van der Waals surface area contributed by atoms with Gasteiger partial charge in [0, 0.05) is 16.8 Å². The van der Waals surface area contributed by atoms with E-state index in [1.54, 1.807) is 41.3 Å². The number of Topliss-reactive ketones (excluding diaryl/α,β-unsaturated/α-hetero) is 1. The molecule has 1 aromatic heterocycles. The lowest BCUT2D eigenvalue weighted by molar-refractivity contribution is 0.0967. The van der Waals surface area contributed by atoms with Gasteiger partial charge in [0.2, 0.25) is 0 Å². The van der Waals surface area contributed by atoms with Crippen molar-refractivity contribution in [3.8, 4) is 0 Å². The molecule has 0 radical (unpaired) electrons. The van der Waals surface area contributed by atoms with Crippen LogP contribution in [0.15, 0.2) is 41.1 Å². The summed E-state index contributed by atoms with van der Waals surface area (Å²) in [6.45, 7) is 0.214. The largest absolute Gasteiger partial charge is 0.292 e. The summed E-state index contributed by atoms with van der Waals surface area (Å²) in [6, 6.07) is 6.90. The molecule has 0 N–H and O–H groups in total. The second kappa shape index (κ2) is 4.80. The second-order valence-corrected chi connectivity index (χ2v) is 4.64. The molecule has 0 spiro atoms. The number of hydrogen-bond donors (Lipinski definition) is 0. The first-order valence-electron chi connectivity index (χ1n) is 4.62. The highest BCUT2D eigenvalue weighted by molar-refractivity contribution is 9.10. The zero-order valence-corrected chi connectivity index (χ0v) is 10.6. The van der Waals surface area contributed by atoms with E-state index < -0.39 is 0 Å². The van der Waals surface area contributed by atoms with Gasteiger partial charge in [0.1, 0.15) is 6.54 Å². The summed E-state index contributed by atoms with van der Waals surface area (Å²) in [6.07, 6.45) is 3.40. The number of rotatable bonds is 3. The van der Waals surface area contributed by atoms with Gasteiger partial charge in [-0.1, -0.05) is 23.7 Å². The Labute approximate surface area is 106 Å². The van der Waals surface area contributed by atoms with Gasteiger partial charge in [-0.25, -0.2) is 0 Å². The predicted octanol–water partition coefficient (Wildman–Crippen LogP) is 3.18. The molecule has 0 saturated heterocycles. The smallest absolute Gasteiger partial charge is 0.184 e. The van der Waals surface area contributed by atoms with E-state index in [-0.39, 0.29) is 12.3 Å². The van der Waals surface area contributed by atoms with Crippen LogP contribution in [-0.4, -0.2) is 15.6 Å². The molecule has 2 rings (SSSR count). The number of carbonyl (C=O) groups excluding carboxylic acids is 1. The summed E-state index contributed by atoms with van der Waals surface area (Å²) in [4.78, 5) is 11.8. The average molecular weight is 300 g/mol. The molecule has 0 saturated carbocycles. The highest BCUT2D eigenvalue weighted by Crippen LogP contribution is 2.12. The molecule has 3 nitrogen and oxygen atoms in total. The van der Waals surface area contributed by atoms with Crippen molar-refractivity contribution in [2.24, 2.45) is 0 Å². The molecule has 0 atom stereocenters. The number of ketones is 1. The molecule has 16 heavy (non-hydrogen) atoms. The molecule has 1 aromatic carbocycles. The molecule has 0 bridgehead atoms. The molecule has 0 amide bonds. The van der Waals surface area contributed by atoms with Crippen molar-refractivity contribution in [3.63, 3.8) is 0 Å². The normalized spacial score (nSPS) is 10.4. The van der Waals surface area contributed by atoms with E-state index in [4.69, 9.17) is 11.6 Å². The third kappa shape index (κ3) is 2.71. The summed E-state index contributed by atoms with van der Waals surface area (Å²) in [5, 5.41) is 4.58. The maximum atomic E-state index is 11.8. The van der Waals surface area contributed by atoms with E-state index in [1.165, 1.54) is 0 Å². The Morgan fingerprint density at radius 1 is 1.50 bits per heavy atom. The molecule has 0 fully saturated rings. The first kappa shape index (κ1) is 11.4. The number of benzene rings is 1. The molecular formula is C11H8BrClN2O. The lowest BCUT2D eigenvalue weighted by Crippen LogP contribution is -2.10.